The lowest BCUT2D eigenvalue weighted by Crippen LogP contribution is -2.50. The Balaban J connectivity index is 0.00000363. The van der Waals surface area contributed by atoms with E-state index in [-0.39, 0.29) is 28.7 Å². The predicted molar refractivity (Wildman–Crippen MR) is 127 cm³/mol. The molecule has 0 bridgehead atoms. The van der Waals surface area contributed by atoms with E-state index in [1.165, 1.54) is 18.1 Å². The molecule has 0 radical (unpaired) electrons. The van der Waals surface area contributed by atoms with Gasteiger partial charge in [0.1, 0.15) is 5.75 Å². The first kappa shape index (κ1) is 25.6. The molecule has 32 heavy (non-hydrogen) atoms. The molecule has 6 heteroatoms. The number of amides is 1. The number of carbonyl (C=O) groups is 2. The Morgan fingerprint density at radius 3 is 2.53 bits per heavy atom. The Morgan fingerprint density at radius 2 is 1.91 bits per heavy atom. The van der Waals surface area contributed by atoms with Crippen LogP contribution in [0.2, 0.25) is 0 Å². The summed E-state index contributed by atoms with van der Waals surface area (Å²) in [6.45, 7) is 8.60. The van der Waals surface area contributed by atoms with Crippen molar-refractivity contribution in [3.8, 4) is 5.75 Å². The highest BCUT2D eigenvalue weighted by atomic mass is 16.5. The molecule has 1 amide bonds. The van der Waals surface area contributed by atoms with Gasteiger partial charge >= 0.3 is 5.97 Å². The molecule has 1 fully saturated rings. The molecule has 0 aliphatic carbocycles. The van der Waals surface area contributed by atoms with Gasteiger partial charge in [-0.2, -0.15) is 0 Å². The van der Waals surface area contributed by atoms with Gasteiger partial charge in [0.05, 0.1) is 5.92 Å². The van der Waals surface area contributed by atoms with E-state index in [4.69, 9.17) is 4.74 Å². The number of ether oxygens (including phenoxy) is 1. The Labute approximate surface area is 191 Å². The van der Waals surface area contributed by atoms with Crippen LogP contribution in [0.4, 0.5) is 0 Å². The number of hydrogen-bond donors (Lipinski definition) is 1. The van der Waals surface area contributed by atoms with Gasteiger partial charge in [0.15, 0.2) is 0 Å². The van der Waals surface area contributed by atoms with Crippen molar-refractivity contribution in [2.45, 2.75) is 39.0 Å². The summed E-state index contributed by atoms with van der Waals surface area (Å²) in [6.07, 6.45) is 1.73. The maximum Gasteiger partial charge on any atom is 0.308 e. The van der Waals surface area contributed by atoms with Crippen LogP contribution in [0.15, 0.2) is 54.6 Å². The summed E-state index contributed by atoms with van der Waals surface area (Å²) in [7, 11) is 1.71. The van der Waals surface area contributed by atoms with Crippen LogP contribution in [0.5, 0.6) is 5.75 Å². The molecular weight excluding hydrogens is 404 g/mol. The third-order valence-electron chi connectivity index (χ3n) is 6.74. The maximum absolute atomic E-state index is 12.6. The molecule has 3 rings (SSSR count). The molecule has 2 aromatic carbocycles. The maximum atomic E-state index is 12.6. The molecule has 1 aliphatic rings. The van der Waals surface area contributed by atoms with Crippen LogP contribution >= 0.6 is 0 Å². The Morgan fingerprint density at radius 1 is 1.19 bits per heavy atom. The van der Waals surface area contributed by atoms with Gasteiger partial charge in [-0.15, -0.1) is 0 Å². The lowest BCUT2D eigenvalue weighted by Gasteiger charge is -2.45. The lowest BCUT2D eigenvalue weighted by atomic mass is 9.68. The van der Waals surface area contributed by atoms with Crippen LogP contribution in [-0.2, 0) is 21.4 Å². The molecular formula is C26H36N2O4. The van der Waals surface area contributed by atoms with Gasteiger partial charge < -0.3 is 20.4 Å². The van der Waals surface area contributed by atoms with E-state index in [9.17, 15) is 9.59 Å². The second kappa shape index (κ2) is 11.2. The van der Waals surface area contributed by atoms with Crippen molar-refractivity contribution < 1.29 is 19.8 Å². The largest absolute Gasteiger partial charge is 0.427 e. The van der Waals surface area contributed by atoms with E-state index in [1.54, 1.807) is 7.05 Å². The van der Waals surface area contributed by atoms with Crippen LogP contribution in [-0.4, -0.2) is 48.9 Å². The van der Waals surface area contributed by atoms with Crippen LogP contribution in [0, 0.1) is 11.8 Å². The summed E-state index contributed by atoms with van der Waals surface area (Å²) in [5.41, 5.74) is 2.38. The molecule has 0 aromatic heterocycles. The topological polar surface area (TPSA) is 90.1 Å². The SMILES string of the molecule is CNC(=O)C(Cc1ccccc1)CN1CCC(C)(c2cccc(OC(C)=O)c2)C(C)C1.O. The minimum absolute atomic E-state index is 0. The van der Waals surface area contributed by atoms with Crippen molar-refractivity contribution in [3.63, 3.8) is 0 Å². The van der Waals surface area contributed by atoms with Crippen LogP contribution < -0.4 is 10.1 Å². The first-order valence-corrected chi connectivity index (χ1v) is 11.1. The predicted octanol–water partition coefficient (Wildman–Crippen LogP) is 2.99. The van der Waals surface area contributed by atoms with Crippen molar-refractivity contribution in [2.75, 3.05) is 26.7 Å². The highest BCUT2D eigenvalue weighted by Gasteiger charge is 2.39. The number of benzene rings is 2. The fraction of sp³-hybridized carbons (Fsp3) is 0.462. The van der Waals surface area contributed by atoms with Crippen molar-refractivity contribution in [2.24, 2.45) is 11.8 Å². The summed E-state index contributed by atoms with van der Waals surface area (Å²) < 4.78 is 5.30. The average molecular weight is 441 g/mol. The third-order valence-corrected chi connectivity index (χ3v) is 6.74. The second-order valence-corrected chi connectivity index (χ2v) is 8.95. The Hall–Kier alpha value is -2.70. The molecule has 1 saturated heterocycles. The van der Waals surface area contributed by atoms with Crippen LogP contribution in [0.3, 0.4) is 0 Å². The highest BCUT2D eigenvalue weighted by molar-refractivity contribution is 5.78. The van der Waals surface area contributed by atoms with Gasteiger partial charge in [-0.1, -0.05) is 56.3 Å². The zero-order valence-electron chi connectivity index (χ0n) is 19.6. The number of esters is 1. The zero-order chi connectivity index (χ0) is 22.4. The normalized spacial score (nSPS) is 21.8. The zero-order valence-corrected chi connectivity index (χ0v) is 19.6. The second-order valence-electron chi connectivity index (χ2n) is 8.95. The molecule has 3 atom stereocenters. The quantitative estimate of drug-likeness (QED) is 0.529. The molecule has 0 saturated carbocycles. The van der Waals surface area contributed by atoms with Gasteiger partial charge in [-0.05, 0) is 54.0 Å². The van der Waals surface area contributed by atoms with Crippen molar-refractivity contribution >= 4 is 11.9 Å². The summed E-state index contributed by atoms with van der Waals surface area (Å²) >= 11 is 0. The molecule has 3 N–H and O–H groups in total. The van der Waals surface area contributed by atoms with Gasteiger partial charge in [0.25, 0.3) is 0 Å². The fourth-order valence-electron chi connectivity index (χ4n) is 4.65. The van der Waals surface area contributed by atoms with Crippen LogP contribution in [0.25, 0.3) is 0 Å². The molecule has 3 unspecified atom stereocenters. The molecule has 174 valence electrons. The minimum Gasteiger partial charge on any atom is -0.427 e. The Kier molecular flexibility index (Phi) is 8.99. The molecule has 0 spiro atoms. The minimum atomic E-state index is -0.302. The number of piperidine rings is 1. The van der Waals surface area contributed by atoms with E-state index in [2.05, 4.69) is 42.3 Å². The summed E-state index contributed by atoms with van der Waals surface area (Å²) in [5, 5.41) is 2.84. The number of rotatable bonds is 7. The summed E-state index contributed by atoms with van der Waals surface area (Å²) in [6, 6.07) is 18.1. The third kappa shape index (κ3) is 6.17. The monoisotopic (exact) mass is 440 g/mol. The number of likely N-dealkylation sites (tertiary alicyclic amines) is 1. The lowest BCUT2D eigenvalue weighted by molar-refractivity contribution is -0.132. The standard InChI is InChI=1S/C26H34N2O3.H2O/c1-19-17-28(18-22(25(30)27-4)15-21-9-6-5-7-10-21)14-13-26(19,3)23-11-8-12-24(16-23)31-20(2)29;/h5-12,16,19,22H,13-15,17-18H2,1-4H3,(H,27,30);1H2. The smallest absolute Gasteiger partial charge is 0.308 e. The van der Waals surface area contributed by atoms with Gasteiger partial charge in [-0.25, -0.2) is 0 Å². The molecule has 1 heterocycles. The highest BCUT2D eigenvalue weighted by Crippen LogP contribution is 2.40. The summed E-state index contributed by atoms with van der Waals surface area (Å²) in [4.78, 5) is 26.3. The number of nitrogens with zero attached hydrogens (tertiary/aromatic N) is 1. The van der Waals surface area contributed by atoms with E-state index in [1.807, 2.05) is 36.4 Å². The van der Waals surface area contributed by atoms with Crippen molar-refractivity contribution in [3.05, 3.63) is 65.7 Å². The number of nitrogens with one attached hydrogen (secondary N) is 1. The average Bonchev–Trinajstić information content (AvgIpc) is 2.76. The van der Waals surface area contributed by atoms with Crippen LogP contribution in [0.1, 0.15) is 38.3 Å². The van der Waals surface area contributed by atoms with Gasteiger partial charge in [0, 0.05) is 27.1 Å². The molecule has 2 aromatic rings. The molecule has 1 aliphatic heterocycles. The van der Waals surface area contributed by atoms with E-state index in [0.717, 1.165) is 32.5 Å². The van der Waals surface area contributed by atoms with Gasteiger partial charge in [0.2, 0.25) is 5.91 Å². The number of hydrogen-bond acceptors (Lipinski definition) is 4. The fourth-order valence-corrected chi connectivity index (χ4v) is 4.65. The van der Waals surface area contributed by atoms with Crippen molar-refractivity contribution in [1.82, 2.24) is 10.2 Å². The summed E-state index contributed by atoms with van der Waals surface area (Å²) in [5.74, 6) is 0.721. The Bertz CT molecular complexity index is 902. The van der Waals surface area contributed by atoms with Gasteiger partial charge in [-0.3, -0.25) is 9.59 Å². The van der Waals surface area contributed by atoms with E-state index < -0.39 is 0 Å². The van der Waals surface area contributed by atoms with Crippen molar-refractivity contribution in [1.29, 1.82) is 0 Å². The first-order valence-electron chi connectivity index (χ1n) is 11.1. The van der Waals surface area contributed by atoms with E-state index in [0.29, 0.717) is 11.7 Å². The number of carbonyl (C=O) groups excluding carboxylic acids is 2. The molecule has 6 nitrogen and oxygen atoms in total. The van der Waals surface area contributed by atoms with E-state index >= 15 is 0 Å². The first-order chi connectivity index (χ1) is 14.8.